The number of nitrogens with zero attached hydrogens (tertiary/aromatic N) is 1. The summed E-state index contributed by atoms with van der Waals surface area (Å²) < 4.78 is 5.34. The van der Waals surface area contributed by atoms with Gasteiger partial charge in [-0.3, -0.25) is 0 Å². The van der Waals surface area contributed by atoms with Crippen molar-refractivity contribution >= 4 is 0 Å². The Bertz CT molecular complexity index is 162. The van der Waals surface area contributed by atoms with Gasteiger partial charge in [0.25, 0.3) is 0 Å². The maximum atomic E-state index is 9.15. The predicted octanol–water partition coefficient (Wildman–Crippen LogP) is 0.478. The smallest absolute Gasteiger partial charge is 0.0622 e. The van der Waals surface area contributed by atoms with Gasteiger partial charge < -0.3 is 14.7 Å². The van der Waals surface area contributed by atoms with Crippen LogP contribution < -0.4 is 0 Å². The molecule has 13 heavy (non-hydrogen) atoms. The zero-order valence-electron chi connectivity index (χ0n) is 8.28. The average Bonchev–Trinajstić information content (AvgIpc) is 2.53. The Morgan fingerprint density at radius 3 is 2.77 bits per heavy atom. The van der Waals surface area contributed by atoms with Gasteiger partial charge in [-0.05, 0) is 32.2 Å². The molecule has 1 saturated heterocycles. The second-order valence-electron chi connectivity index (χ2n) is 4.45. The zero-order valence-corrected chi connectivity index (χ0v) is 8.28. The molecule has 1 unspecified atom stereocenters. The second kappa shape index (κ2) is 3.95. The van der Waals surface area contributed by atoms with Gasteiger partial charge in [0, 0.05) is 19.2 Å². The van der Waals surface area contributed by atoms with Gasteiger partial charge in [0.2, 0.25) is 0 Å². The molecule has 2 rings (SSSR count). The van der Waals surface area contributed by atoms with Gasteiger partial charge >= 0.3 is 0 Å². The van der Waals surface area contributed by atoms with Gasteiger partial charge in [-0.2, -0.15) is 0 Å². The Kier molecular flexibility index (Phi) is 2.86. The zero-order chi connectivity index (χ0) is 9.26. The van der Waals surface area contributed by atoms with E-state index in [0.29, 0.717) is 6.04 Å². The molecule has 0 spiro atoms. The molecular weight excluding hydrogens is 166 g/mol. The van der Waals surface area contributed by atoms with Gasteiger partial charge in [-0.25, -0.2) is 0 Å². The minimum Gasteiger partial charge on any atom is -0.393 e. The standard InChI is InChI=1S/C10H19NO2/c1-11(9-2-3-13-7-9)6-8-4-10(12)5-8/h8-10,12H,2-7H2,1H3. The van der Waals surface area contributed by atoms with Crippen LogP contribution >= 0.6 is 0 Å². The molecule has 0 amide bonds. The first kappa shape index (κ1) is 9.44. The van der Waals surface area contributed by atoms with Crippen LogP contribution in [0.3, 0.4) is 0 Å². The number of rotatable bonds is 3. The quantitative estimate of drug-likeness (QED) is 0.694. The molecule has 2 fully saturated rings. The Morgan fingerprint density at radius 1 is 1.46 bits per heavy atom. The monoisotopic (exact) mass is 185 g/mol. The lowest BCUT2D eigenvalue weighted by Crippen LogP contribution is -2.41. The van der Waals surface area contributed by atoms with E-state index in [1.807, 2.05) is 0 Å². The van der Waals surface area contributed by atoms with E-state index >= 15 is 0 Å². The molecule has 0 aromatic carbocycles. The van der Waals surface area contributed by atoms with E-state index in [-0.39, 0.29) is 6.10 Å². The minimum atomic E-state index is -0.0155. The molecule has 0 aromatic rings. The maximum absolute atomic E-state index is 9.15. The molecule has 1 heterocycles. The van der Waals surface area contributed by atoms with Crippen LogP contribution in [0.1, 0.15) is 19.3 Å². The van der Waals surface area contributed by atoms with Crippen molar-refractivity contribution in [3.63, 3.8) is 0 Å². The SMILES string of the molecule is CN(CC1CC(O)C1)C1CCOC1. The summed E-state index contributed by atoms with van der Waals surface area (Å²) in [6, 6.07) is 0.623. The van der Waals surface area contributed by atoms with Crippen molar-refractivity contribution in [2.24, 2.45) is 5.92 Å². The van der Waals surface area contributed by atoms with Gasteiger partial charge in [-0.15, -0.1) is 0 Å². The summed E-state index contributed by atoms with van der Waals surface area (Å²) in [5, 5.41) is 9.15. The van der Waals surface area contributed by atoms with Gasteiger partial charge in [0.05, 0.1) is 12.7 Å². The van der Waals surface area contributed by atoms with Crippen LogP contribution in [0.4, 0.5) is 0 Å². The van der Waals surface area contributed by atoms with Crippen LogP contribution in [-0.4, -0.2) is 49.0 Å². The highest BCUT2D eigenvalue weighted by Crippen LogP contribution is 2.28. The lowest BCUT2D eigenvalue weighted by molar-refractivity contribution is 0.0211. The van der Waals surface area contributed by atoms with E-state index in [2.05, 4.69) is 11.9 Å². The van der Waals surface area contributed by atoms with E-state index < -0.39 is 0 Å². The molecule has 0 radical (unpaired) electrons. The van der Waals surface area contributed by atoms with Crippen LogP contribution in [0.15, 0.2) is 0 Å². The highest BCUT2D eigenvalue weighted by atomic mass is 16.5. The normalized spacial score (nSPS) is 39.5. The van der Waals surface area contributed by atoms with Crippen LogP contribution in [-0.2, 0) is 4.74 Å². The third kappa shape index (κ3) is 2.22. The fourth-order valence-corrected chi connectivity index (χ4v) is 2.28. The Morgan fingerprint density at radius 2 is 2.23 bits per heavy atom. The molecule has 1 aliphatic heterocycles. The first-order chi connectivity index (χ1) is 6.25. The van der Waals surface area contributed by atoms with Crippen LogP contribution in [0.25, 0.3) is 0 Å². The van der Waals surface area contributed by atoms with E-state index in [1.165, 1.54) is 6.42 Å². The van der Waals surface area contributed by atoms with Crippen molar-refractivity contribution in [1.29, 1.82) is 0 Å². The highest BCUT2D eigenvalue weighted by molar-refractivity contribution is 4.83. The summed E-state index contributed by atoms with van der Waals surface area (Å²) in [5.74, 6) is 0.723. The predicted molar refractivity (Wildman–Crippen MR) is 50.6 cm³/mol. The number of likely N-dealkylation sites (N-methyl/N-ethyl adjacent to an activating group) is 1. The van der Waals surface area contributed by atoms with Gasteiger partial charge in [0.15, 0.2) is 0 Å². The fourth-order valence-electron chi connectivity index (χ4n) is 2.28. The molecule has 1 aliphatic carbocycles. The van der Waals surface area contributed by atoms with Gasteiger partial charge in [-0.1, -0.05) is 0 Å². The fraction of sp³-hybridized carbons (Fsp3) is 1.00. The number of aliphatic hydroxyl groups is 1. The molecule has 3 nitrogen and oxygen atoms in total. The molecule has 0 aromatic heterocycles. The van der Waals surface area contributed by atoms with Crippen molar-refractivity contribution < 1.29 is 9.84 Å². The molecule has 1 N–H and O–H groups in total. The van der Waals surface area contributed by atoms with E-state index in [1.54, 1.807) is 0 Å². The van der Waals surface area contributed by atoms with Gasteiger partial charge in [0.1, 0.15) is 0 Å². The lowest BCUT2D eigenvalue weighted by atomic mass is 9.82. The summed E-state index contributed by atoms with van der Waals surface area (Å²) in [6.07, 6.45) is 3.15. The summed E-state index contributed by atoms with van der Waals surface area (Å²) in [6.45, 7) is 2.94. The summed E-state index contributed by atoms with van der Waals surface area (Å²) >= 11 is 0. The topological polar surface area (TPSA) is 32.7 Å². The lowest BCUT2D eigenvalue weighted by Gasteiger charge is -2.36. The number of ether oxygens (including phenoxy) is 1. The summed E-state index contributed by atoms with van der Waals surface area (Å²) in [5.41, 5.74) is 0. The molecular formula is C10H19NO2. The van der Waals surface area contributed by atoms with Crippen molar-refractivity contribution in [2.75, 3.05) is 26.8 Å². The Labute approximate surface area is 79.7 Å². The first-order valence-electron chi connectivity index (χ1n) is 5.21. The molecule has 1 atom stereocenters. The molecule has 2 aliphatic rings. The number of hydrogen-bond acceptors (Lipinski definition) is 3. The van der Waals surface area contributed by atoms with Crippen LogP contribution in [0.5, 0.6) is 0 Å². The van der Waals surface area contributed by atoms with Crippen molar-refractivity contribution in [3.8, 4) is 0 Å². The minimum absolute atomic E-state index is 0.0155. The Hall–Kier alpha value is -0.120. The van der Waals surface area contributed by atoms with Crippen LogP contribution in [0.2, 0.25) is 0 Å². The summed E-state index contributed by atoms with van der Waals surface area (Å²) in [7, 11) is 2.17. The highest BCUT2D eigenvalue weighted by Gasteiger charge is 2.30. The molecule has 76 valence electrons. The molecule has 0 bridgehead atoms. The van der Waals surface area contributed by atoms with Crippen molar-refractivity contribution in [1.82, 2.24) is 4.90 Å². The van der Waals surface area contributed by atoms with Crippen molar-refractivity contribution in [2.45, 2.75) is 31.4 Å². The van der Waals surface area contributed by atoms with Crippen LogP contribution in [0, 0.1) is 5.92 Å². The average molecular weight is 185 g/mol. The maximum Gasteiger partial charge on any atom is 0.0622 e. The second-order valence-corrected chi connectivity index (χ2v) is 4.45. The Balaban J connectivity index is 1.68. The van der Waals surface area contributed by atoms with E-state index in [9.17, 15) is 0 Å². The number of aliphatic hydroxyl groups excluding tert-OH is 1. The number of hydrogen-bond donors (Lipinski definition) is 1. The first-order valence-corrected chi connectivity index (χ1v) is 5.21. The third-order valence-electron chi connectivity index (χ3n) is 3.29. The molecule has 1 saturated carbocycles. The third-order valence-corrected chi connectivity index (χ3v) is 3.29. The molecule has 3 heteroatoms. The van der Waals surface area contributed by atoms with E-state index in [4.69, 9.17) is 9.84 Å². The summed E-state index contributed by atoms with van der Waals surface area (Å²) in [4.78, 5) is 2.39. The largest absolute Gasteiger partial charge is 0.393 e. The van der Waals surface area contributed by atoms with Crippen molar-refractivity contribution in [3.05, 3.63) is 0 Å². The van der Waals surface area contributed by atoms with E-state index in [0.717, 1.165) is 38.5 Å².